The first-order chi connectivity index (χ1) is 15.4. The minimum absolute atomic E-state index is 0.00897. The smallest absolute Gasteiger partial charge is 0.296 e. The quantitative estimate of drug-likeness (QED) is 0.424. The van der Waals surface area contributed by atoms with E-state index in [0.717, 1.165) is 0 Å². The second-order valence-corrected chi connectivity index (χ2v) is 7.55. The van der Waals surface area contributed by atoms with Crippen molar-refractivity contribution in [1.82, 2.24) is 4.90 Å². The summed E-state index contributed by atoms with van der Waals surface area (Å²) in [6.07, 6.45) is 0. The number of benzene rings is 2. The van der Waals surface area contributed by atoms with E-state index in [-0.39, 0.29) is 18.7 Å². The van der Waals surface area contributed by atoms with Crippen molar-refractivity contribution in [3.05, 3.63) is 65.2 Å². The molecule has 1 atom stereocenters. The maximum atomic E-state index is 13.7. The van der Waals surface area contributed by atoms with E-state index in [1.165, 1.54) is 16.9 Å². The first kappa shape index (κ1) is 21.6. The maximum Gasteiger partial charge on any atom is 0.296 e. The van der Waals surface area contributed by atoms with Crippen LogP contribution in [0.1, 0.15) is 18.1 Å². The Morgan fingerprint density at radius 3 is 2.41 bits per heavy atom. The fourth-order valence-corrected chi connectivity index (χ4v) is 4.47. The average molecular weight is 436 g/mol. The molecule has 2 amide bonds. The molecule has 1 N–H and O–H groups in total. The summed E-state index contributed by atoms with van der Waals surface area (Å²) >= 11 is 0. The minimum Gasteiger partial charge on any atom is -0.507 e. The number of rotatable bonds is 6. The van der Waals surface area contributed by atoms with Crippen LogP contribution < -0.4 is 9.64 Å². The topological polar surface area (TPSA) is 96.4 Å². The Morgan fingerprint density at radius 1 is 1.06 bits per heavy atom. The largest absolute Gasteiger partial charge is 0.507 e. The number of hydrogen-bond donors (Lipinski definition) is 1. The zero-order chi connectivity index (χ0) is 23.0. The number of carbonyl (C=O) groups is 3. The number of aliphatic hydroxyl groups is 1. The lowest BCUT2D eigenvalue weighted by atomic mass is 9.82. The number of likely N-dealkylation sites (tertiary alicyclic amines) is 1. The van der Waals surface area contributed by atoms with E-state index in [1.807, 2.05) is 6.92 Å². The number of methoxy groups -OCH3 is 1. The van der Waals surface area contributed by atoms with Crippen molar-refractivity contribution in [2.24, 2.45) is 0 Å². The fourth-order valence-electron chi connectivity index (χ4n) is 4.47. The summed E-state index contributed by atoms with van der Waals surface area (Å²) in [4.78, 5) is 42.7. The number of ketones is 1. The molecule has 8 heteroatoms. The van der Waals surface area contributed by atoms with Crippen molar-refractivity contribution >= 4 is 29.0 Å². The number of Topliss-reactive ketones (excluding diaryl/α,β-unsaturated/α-hetero) is 1. The van der Waals surface area contributed by atoms with Gasteiger partial charge in [0, 0.05) is 37.5 Å². The van der Waals surface area contributed by atoms with Gasteiger partial charge in [-0.1, -0.05) is 18.2 Å². The van der Waals surface area contributed by atoms with Crippen LogP contribution in [-0.4, -0.2) is 61.5 Å². The normalized spacial score (nSPS) is 21.5. The Labute approximate surface area is 185 Å². The van der Waals surface area contributed by atoms with E-state index in [9.17, 15) is 19.5 Å². The molecule has 8 nitrogen and oxygen atoms in total. The zero-order valence-electron chi connectivity index (χ0n) is 18.1. The standard InChI is InChI=1S/C24H24N2O6/c1-4-32-16-11-9-15(10-12-16)20(27)19-21(28)22(29)26(13-14-31-3)24(19)17-7-5-6-8-18(17)25(2)23(24)30/h5-12,27H,4,13-14H2,1-3H3/b20-19-. The van der Waals surface area contributed by atoms with Gasteiger partial charge in [-0.15, -0.1) is 0 Å². The SMILES string of the molecule is CCOc1ccc(/C(O)=C2\C(=O)C(=O)N(CCOC)C23C(=O)N(C)c2ccccc23)cc1. The monoisotopic (exact) mass is 436 g/mol. The Bertz CT molecular complexity index is 1120. The van der Waals surface area contributed by atoms with Crippen molar-refractivity contribution in [2.45, 2.75) is 12.5 Å². The number of anilines is 1. The summed E-state index contributed by atoms with van der Waals surface area (Å²) in [6, 6.07) is 13.4. The molecule has 2 aliphatic heterocycles. The molecule has 1 unspecified atom stereocenters. The maximum absolute atomic E-state index is 13.7. The summed E-state index contributed by atoms with van der Waals surface area (Å²) < 4.78 is 10.6. The molecule has 2 aliphatic rings. The fraction of sp³-hybridized carbons (Fsp3) is 0.292. The van der Waals surface area contributed by atoms with Gasteiger partial charge in [0.15, 0.2) is 5.54 Å². The van der Waals surface area contributed by atoms with E-state index in [0.29, 0.717) is 29.2 Å². The van der Waals surface area contributed by atoms with Crippen LogP contribution in [0.5, 0.6) is 5.75 Å². The van der Waals surface area contributed by atoms with Crippen molar-refractivity contribution in [3.63, 3.8) is 0 Å². The van der Waals surface area contributed by atoms with Crippen LogP contribution >= 0.6 is 0 Å². The van der Waals surface area contributed by atoms with Crippen LogP contribution in [0.15, 0.2) is 54.1 Å². The highest BCUT2D eigenvalue weighted by molar-refractivity contribution is 6.50. The molecule has 0 aromatic heterocycles. The summed E-state index contributed by atoms with van der Waals surface area (Å²) in [5, 5.41) is 11.3. The van der Waals surface area contributed by atoms with Gasteiger partial charge in [-0.2, -0.15) is 0 Å². The highest BCUT2D eigenvalue weighted by Crippen LogP contribution is 2.53. The number of para-hydroxylation sites is 1. The van der Waals surface area contributed by atoms with Gasteiger partial charge < -0.3 is 24.4 Å². The van der Waals surface area contributed by atoms with Gasteiger partial charge in [0.1, 0.15) is 11.5 Å². The summed E-state index contributed by atoms with van der Waals surface area (Å²) in [5.74, 6) is -2.06. The Hall–Kier alpha value is -3.65. The number of aliphatic hydroxyl groups excluding tert-OH is 1. The molecule has 1 spiro atoms. The van der Waals surface area contributed by atoms with E-state index in [2.05, 4.69) is 0 Å². The first-order valence-corrected chi connectivity index (χ1v) is 10.3. The molecule has 0 bridgehead atoms. The number of fused-ring (bicyclic) bond motifs is 2. The lowest BCUT2D eigenvalue weighted by Crippen LogP contribution is -2.52. The number of amides is 2. The predicted octanol–water partition coefficient (Wildman–Crippen LogP) is 2.28. The van der Waals surface area contributed by atoms with Crippen molar-refractivity contribution in [1.29, 1.82) is 0 Å². The average Bonchev–Trinajstić information content (AvgIpc) is 3.16. The lowest BCUT2D eigenvalue weighted by molar-refractivity contribution is -0.144. The van der Waals surface area contributed by atoms with Gasteiger partial charge in [-0.3, -0.25) is 14.4 Å². The summed E-state index contributed by atoms with van der Waals surface area (Å²) in [6.45, 7) is 2.47. The van der Waals surface area contributed by atoms with E-state index in [1.54, 1.807) is 55.6 Å². The van der Waals surface area contributed by atoms with Crippen LogP contribution in [0.2, 0.25) is 0 Å². The molecule has 0 aliphatic carbocycles. The van der Waals surface area contributed by atoms with E-state index in [4.69, 9.17) is 9.47 Å². The molecule has 32 heavy (non-hydrogen) atoms. The Balaban J connectivity index is 1.98. The molecular weight excluding hydrogens is 412 g/mol. The Morgan fingerprint density at radius 2 is 1.75 bits per heavy atom. The third-order valence-corrected chi connectivity index (χ3v) is 5.90. The summed E-state index contributed by atoms with van der Waals surface area (Å²) in [5.41, 5.74) is -0.669. The molecule has 1 fully saturated rings. The van der Waals surface area contributed by atoms with Crippen LogP contribution in [-0.2, 0) is 24.7 Å². The van der Waals surface area contributed by atoms with Crippen molar-refractivity contribution in [3.8, 4) is 5.75 Å². The van der Waals surface area contributed by atoms with E-state index >= 15 is 0 Å². The van der Waals surface area contributed by atoms with Gasteiger partial charge in [-0.05, 0) is 37.3 Å². The Kier molecular flexibility index (Phi) is 5.48. The zero-order valence-corrected chi connectivity index (χ0v) is 18.1. The third kappa shape index (κ3) is 2.90. The number of ether oxygens (including phenoxy) is 2. The molecule has 2 aromatic carbocycles. The molecule has 2 heterocycles. The van der Waals surface area contributed by atoms with Gasteiger partial charge in [0.05, 0.1) is 18.8 Å². The number of nitrogens with zero attached hydrogens (tertiary/aromatic N) is 2. The van der Waals surface area contributed by atoms with Gasteiger partial charge in [0.2, 0.25) is 0 Å². The van der Waals surface area contributed by atoms with E-state index < -0.39 is 28.9 Å². The molecule has 2 aromatic rings. The highest BCUT2D eigenvalue weighted by Gasteiger charge is 2.66. The van der Waals surface area contributed by atoms with Crippen LogP contribution in [0.25, 0.3) is 5.76 Å². The molecule has 1 saturated heterocycles. The first-order valence-electron chi connectivity index (χ1n) is 10.3. The summed E-state index contributed by atoms with van der Waals surface area (Å²) in [7, 11) is 3.06. The molecule has 166 valence electrons. The molecule has 0 saturated carbocycles. The third-order valence-electron chi connectivity index (χ3n) is 5.90. The van der Waals surface area contributed by atoms with Crippen LogP contribution in [0, 0.1) is 0 Å². The van der Waals surface area contributed by atoms with Gasteiger partial charge in [0.25, 0.3) is 17.6 Å². The minimum atomic E-state index is -1.76. The van der Waals surface area contributed by atoms with Gasteiger partial charge in [-0.25, -0.2) is 0 Å². The van der Waals surface area contributed by atoms with Crippen molar-refractivity contribution in [2.75, 3.05) is 38.8 Å². The second kappa shape index (κ2) is 8.12. The number of likely N-dealkylation sites (N-methyl/N-ethyl adjacent to an activating group) is 1. The number of carbonyl (C=O) groups excluding carboxylic acids is 3. The lowest BCUT2D eigenvalue weighted by Gasteiger charge is -2.34. The highest BCUT2D eigenvalue weighted by atomic mass is 16.5. The van der Waals surface area contributed by atoms with Gasteiger partial charge >= 0.3 is 0 Å². The van der Waals surface area contributed by atoms with Crippen molar-refractivity contribution < 1.29 is 29.0 Å². The van der Waals surface area contributed by atoms with Crippen LogP contribution in [0.4, 0.5) is 5.69 Å². The predicted molar refractivity (Wildman–Crippen MR) is 117 cm³/mol. The molecule has 0 radical (unpaired) electrons. The van der Waals surface area contributed by atoms with Crippen LogP contribution in [0.3, 0.4) is 0 Å². The second-order valence-electron chi connectivity index (χ2n) is 7.55. The molecular formula is C24H24N2O6. The molecule has 4 rings (SSSR count). The number of hydrogen-bond acceptors (Lipinski definition) is 6.